The summed E-state index contributed by atoms with van der Waals surface area (Å²) >= 11 is 1.69. The summed E-state index contributed by atoms with van der Waals surface area (Å²) in [5.74, 6) is 1.86. The molecule has 7 heteroatoms. The minimum absolute atomic E-state index is 0.00358. The highest BCUT2D eigenvalue weighted by Crippen LogP contribution is 2.28. The summed E-state index contributed by atoms with van der Waals surface area (Å²) < 4.78 is 5.24. The predicted octanol–water partition coefficient (Wildman–Crippen LogP) is 0.863. The first-order valence-electron chi connectivity index (χ1n) is 6.74. The zero-order chi connectivity index (χ0) is 15.1. The summed E-state index contributed by atoms with van der Waals surface area (Å²) in [6, 6.07) is 4.96. The number of hydrogen-bond donors (Lipinski definition) is 3. The first-order chi connectivity index (χ1) is 10.2. The number of hydrogen-bond acceptors (Lipinski definition) is 5. The maximum Gasteiger partial charge on any atom is 0.262 e. The van der Waals surface area contributed by atoms with E-state index in [1.807, 2.05) is 0 Å². The number of amides is 2. The molecule has 2 rings (SSSR count). The molecule has 1 aromatic carbocycles. The minimum Gasteiger partial charge on any atom is -0.482 e. The fraction of sp³-hybridized carbons (Fsp3) is 0.429. The largest absolute Gasteiger partial charge is 0.482 e. The molecule has 6 nitrogen and oxygen atoms in total. The van der Waals surface area contributed by atoms with E-state index >= 15 is 0 Å². The third-order valence-corrected chi connectivity index (χ3v) is 3.92. The fourth-order valence-corrected chi connectivity index (χ4v) is 2.62. The molecule has 0 bridgehead atoms. The molecule has 0 radical (unpaired) electrons. The normalized spacial score (nSPS) is 13.1. The number of carbonyl (C=O) groups excluding carboxylic acids is 2. The number of ether oxygens (including phenoxy) is 1. The van der Waals surface area contributed by atoms with E-state index in [0.29, 0.717) is 23.5 Å². The molecular formula is C14H18N2O4S. The van der Waals surface area contributed by atoms with Crippen molar-refractivity contribution < 1.29 is 19.4 Å². The molecular weight excluding hydrogens is 292 g/mol. The van der Waals surface area contributed by atoms with Crippen LogP contribution in [0.4, 0.5) is 5.69 Å². The van der Waals surface area contributed by atoms with Crippen LogP contribution >= 0.6 is 11.8 Å². The van der Waals surface area contributed by atoms with Crippen LogP contribution in [0.5, 0.6) is 5.75 Å². The van der Waals surface area contributed by atoms with Crippen LogP contribution in [0.25, 0.3) is 0 Å². The van der Waals surface area contributed by atoms with Gasteiger partial charge in [0.15, 0.2) is 6.61 Å². The van der Waals surface area contributed by atoms with Gasteiger partial charge in [0.1, 0.15) is 5.75 Å². The molecule has 0 fully saturated rings. The molecule has 1 heterocycles. The van der Waals surface area contributed by atoms with E-state index in [4.69, 9.17) is 9.84 Å². The lowest BCUT2D eigenvalue weighted by atomic mass is 10.1. The maximum absolute atomic E-state index is 12.0. The van der Waals surface area contributed by atoms with Gasteiger partial charge in [0.25, 0.3) is 11.8 Å². The maximum atomic E-state index is 12.0. The Balaban J connectivity index is 1.82. The molecule has 0 aliphatic carbocycles. The Labute approximate surface area is 127 Å². The molecule has 1 aromatic rings. The van der Waals surface area contributed by atoms with Crippen molar-refractivity contribution in [3.63, 3.8) is 0 Å². The summed E-state index contributed by atoms with van der Waals surface area (Å²) in [7, 11) is 0. The van der Waals surface area contributed by atoms with Gasteiger partial charge in [0, 0.05) is 24.5 Å². The van der Waals surface area contributed by atoms with Crippen molar-refractivity contribution in [3.05, 3.63) is 23.8 Å². The topological polar surface area (TPSA) is 87.7 Å². The standard InChI is InChI=1S/C14H18N2O4S/c17-5-1-6-21-7-4-15-14(19)10-2-3-12-11(8-10)16-13(18)9-20-12/h2-3,8,17H,1,4-7,9H2,(H,15,19)(H,16,18). The van der Waals surface area contributed by atoms with E-state index in [2.05, 4.69) is 10.6 Å². The number of benzene rings is 1. The van der Waals surface area contributed by atoms with Gasteiger partial charge in [-0.15, -0.1) is 0 Å². The minimum atomic E-state index is -0.222. The Morgan fingerprint density at radius 3 is 3.10 bits per heavy atom. The molecule has 114 valence electrons. The molecule has 1 aliphatic heterocycles. The van der Waals surface area contributed by atoms with E-state index < -0.39 is 0 Å². The van der Waals surface area contributed by atoms with Gasteiger partial charge < -0.3 is 20.5 Å². The number of aliphatic hydroxyl groups excluding tert-OH is 1. The number of thioether (sulfide) groups is 1. The van der Waals surface area contributed by atoms with Gasteiger partial charge in [0.2, 0.25) is 0 Å². The number of anilines is 1. The lowest BCUT2D eigenvalue weighted by Gasteiger charge is -2.18. The van der Waals surface area contributed by atoms with Crippen LogP contribution < -0.4 is 15.4 Å². The van der Waals surface area contributed by atoms with Crippen molar-refractivity contribution in [1.82, 2.24) is 5.32 Å². The number of rotatable bonds is 7. The van der Waals surface area contributed by atoms with Crippen LogP contribution in [-0.4, -0.2) is 48.2 Å². The van der Waals surface area contributed by atoms with E-state index in [-0.39, 0.29) is 25.0 Å². The Morgan fingerprint density at radius 2 is 2.29 bits per heavy atom. The summed E-state index contributed by atoms with van der Waals surface area (Å²) in [5.41, 5.74) is 1.01. The van der Waals surface area contributed by atoms with Crippen molar-refractivity contribution in [2.24, 2.45) is 0 Å². The second-order valence-corrected chi connectivity index (χ2v) is 5.72. The number of carbonyl (C=O) groups is 2. The van der Waals surface area contributed by atoms with Crippen molar-refractivity contribution in [2.45, 2.75) is 6.42 Å². The SMILES string of the molecule is O=C1COc2ccc(C(=O)NCCSCCCO)cc2N1. The van der Waals surface area contributed by atoms with E-state index in [1.54, 1.807) is 30.0 Å². The number of aliphatic hydroxyl groups is 1. The monoisotopic (exact) mass is 310 g/mol. The highest BCUT2D eigenvalue weighted by molar-refractivity contribution is 7.99. The molecule has 0 atom stereocenters. The summed E-state index contributed by atoms with van der Waals surface area (Å²) in [6.45, 7) is 0.765. The molecule has 0 saturated heterocycles. The van der Waals surface area contributed by atoms with Crippen LogP contribution in [0, 0.1) is 0 Å². The second-order valence-electron chi connectivity index (χ2n) is 4.49. The quantitative estimate of drug-likeness (QED) is 0.650. The summed E-state index contributed by atoms with van der Waals surface area (Å²) in [5, 5.41) is 14.1. The van der Waals surface area contributed by atoms with Gasteiger partial charge in [0.05, 0.1) is 5.69 Å². The molecule has 0 unspecified atom stereocenters. The number of nitrogens with one attached hydrogen (secondary N) is 2. The van der Waals surface area contributed by atoms with Crippen LogP contribution in [0.3, 0.4) is 0 Å². The summed E-state index contributed by atoms with van der Waals surface area (Å²) in [4.78, 5) is 23.2. The third-order valence-electron chi connectivity index (χ3n) is 2.85. The molecule has 0 spiro atoms. The van der Waals surface area contributed by atoms with Crippen molar-refractivity contribution in [3.8, 4) is 5.75 Å². The van der Waals surface area contributed by atoms with Crippen molar-refractivity contribution in [1.29, 1.82) is 0 Å². The smallest absolute Gasteiger partial charge is 0.262 e. The zero-order valence-corrected chi connectivity index (χ0v) is 12.4. The van der Waals surface area contributed by atoms with E-state index in [1.165, 1.54) is 0 Å². The third kappa shape index (κ3) is 4.64. The lowest BCUT2D eigenvalue weighted by molar-refractivity contribution is -0.118. The average Bonchev–Trinajstić information content (AvgIpc) is 2.49. The molecule has 1 aliphatic rings. The number of fused-ring (bicyclic) bond motifs is 1. The van der Waals surface area contributed by atoms with Gasteiger partial charge >= 0.3 is 0 Å². The Kier molecular flexibility index (Phi) is 5.89. The van der Waals surface area contributed by atoms with E-state index in [9.17, 15) is 9.59 Å². The van der Waals surface area contributed by atoms with Crippen LogP contribution in [0.1, 0.15) is 16.8 Å². The highest BCUT2D eigenvalue weighted by atomic mass is 32.2. The average molecular weight is 310 g/mol. The van der Waals surface area contributed by atoms with Gasteiger partial charge in [-0.25, -0.2) is 0 Å². The Morgan fingerprint density at radius 1 is 1.43 bits per heavy atom. The predicted molar refractivity (Wildman–Crippen MR) is 81.9 cm³/mol. The fourth-order valence-electron chi connectivity index (χ4n) is 1.83. The first kappa shape index (κ1) is 15.7. The van der Waals surface area contributed by atoms with Gasteiger partial charge in [-0.05, 0) is 30.4 Å². The Hall–Kier alpha value is -1.73. The van der Waals surface area contributed by atoms with Crippen molar-refractivity contribution in [2.75, 3.05) is 36.6 Å². The molecule has 3 N–H and O–H groups in total. The van der Waals surface area contributed by atoms with Gasteiger partial charge in [-0.1, -0.05) is 0 Å². The molecule has 0 saturated carbocycles. The molecule has 2 amide bonds. The van der Waals surface area contributed by atoms with E-state index in [0.717, 1.165) is 17.9 Å². The molecule has 0 aromatic heterocycles. The van der Waals surface area contributed by atoms with Crippen molar-refractivity contribution >= 4 is 29.3 Å². The first-order valence-corrected chi connectivity index (χ1v) is 7.89. The van der Waals surface area contributed by atoms with Gasteiger partial charge in [-0.2, -0.15) is 11.8 Å². The van der Waals surface area contributed by atoms with Crippen LogP contribution in [0.15, 0.2) is 18.2 Å². The highest BCUT2D eigenvalue weighted by Gasteiger charge is 2.17. The Bertz CT molecular complexity index is 522. The van der Waals surface area contributed by atoms with Crippen LogP contribution in [0.2, 0.25) is 0 Å². The lowest BCUT2D eigenvalue weighted by Crippen LogP contribution is -2.28. The summed E-state index contributed by atoms with van der Waals surface area (Å²) in [6.07, 6.45) is 0.767. The zero-order valence-electron chi connectivity index (χ0n) is 11.6. The molecule has 21 heavy (non-hydrogen) atoms. The van der Waals surface area contributed by atoms with Gasteiger partial charge in [-0.3, -0.25) is 9.59 Å². The second kappa shape index (κ2) is 7.90. The van der Waals surface area contributed by atoms with Crippen LogP contribution in [-0.2, 0) is 4.79 Å².